The third kappa shape index (κ3) is 4.75. The van der Waals surface area contributed by atoms with E-state index in [9.17, 15) is 19.5 Å². The van der Waals surface area contributed by atoms with E-state index in [1.54, 1.807) is 19.1 Å². The van der Waals surface area contributed by atoms with Gasteiger partial charge in [0.05, 0.1) is 10.0 Å². The maximum Gasteiger partial charge on any atom is 0.320 e. The van der Waals surface area contributed by atoms with Crippen molar-refractivity contribution in [2.24, 2.45) is 5.73 Å². The Balaban J connectivity index is 2.11. The lowest BCUT2D eigenvalue weighted by Crippen LogP contribution is -2.67. The molecule has 0 aliphatic carbocycles. The molecule has 0 saturated carbocycles. The van der Waals surface area contributed by atoms with Gasteiger partial charge in [-0.05, 0) is 49.1 Å². The number of nitrogens with zero attached hydrogens (tertiary/aromatic N) is 2. The number of aryl methyl sites for hydroxylation is 1. The number of piperidine rings is 1. The second-order valence-corrected chi connectivity index (χ2v) is 8.72. The number of primary amides is 1. The number of nitrogens with one attached hydrogen (secondary N) is 1. The van der Waals surface area contributed by atoms with E-state index in [4.69, 9.17) is 34.7 Å². The second-order valence-electron chi connectivity index (χ2n) is 7.91. The highest BCUT2D eigenvalue weighted by atomic mass is 35.5. The predicted molar refractivity (Wildman–Crippen MR) is 125 cm³/mol. The van der Waals surface area contributed by atoms with E-state index < -0.39 is 29.4 Å². The first-order valence-electron chi connectivity index (χ1n) is 10.3. The van der Waals surface area contributed by atoms with Crippen molar-refractivity contribution in [2.75, 3.05) is 12.3 Å². The van der Waals surface area contributed by atoms with Gasteiger partial charge in [-0.15, -0.1) is 0 Å². The van der Waals surface area contributed by atoms with Crippen LogP contribution >= 0.6 is 23.2 Å². The Morgan fingerprint density at radius 2 is 1.94 bits per heavy atom. The van der Waals surface area contributed by atoms with E-state index in [0.717, 1.165) is 0 Å². The first-order chi connectivity index (χ1) is 15.6. The first-order valence-corrected chi connectivity index (χ1v) is 11.1. The van der Waals surface area contributed by atoms with Gasteiger partial charge in [-0.3, -0.25) is 19.3 Å². The Kier molecular flexibility index (Phi) is 7.46. The van der Waals surface area contributed by atoms with Gasteiger partial charge in [0.15, 0.2) is 0 Å². The molecular formula is C22H25Cl2N5O4. The number of nitrogens with two attached hydrogens (primary N) is 2. The molecule has 3 rings (SSSR count). The maximum absolute atomic E-state index is 13.8. The molecule has 33 heavy (non-hydrogen) atoms. The summed E-state index contributed by atoms with van der Waals surface area (Å²) in [5, 5.41) is 12.9. The smallest absolute Gasteiger partial charge is 0.320 e. The van der Waals surface area contributed by atoms with Gasteiger partial charge < -0.3 is 21.9 Å². The summed E-state index contributed by atoms with van der Waals surface area (Å²) in [4.78, 5) is 44.4. The highest BCUT2D eigenvalue weighted by molar-refractivity contribution is 6.42. The van der Waals surface area contributed by atoms with Crippen molar-refractivity contribution in [3.63, 3.8) is 0 Å². The minimum absolute atomic E-state index is 0.0277. The minimum atomic E-state index is -2.12. The molecule has 0 unspecified atom stereocenters. The van der Waals surface area contributed by atoms with E-state index in [-0.39, 0.29) is 35.1 Å². The van der Waals surface area contributed by atoms with E-state index in [1.165, 1.54) is 23.1 Å². The van der Waals surface area contributed by atoms with Crippen LogP contribution in [-0.2, 0) is 26.5 Å². The number of hydrogen-bond acceptors (Lipinski definition) is 6. The summed E-state index contributed by atoms with van der Waals surface area (Å²) in [5.74, 6) is -2.59. The van der Waals surface area contributed by atoms with Crippen molar-refractivity contribution >= 4 is 46.8 Å². The van der Waals surface area contributed by atoms with E-state index in [0.29, 0.717) is 29.9 Å². The monoisotopic (exact) mass is 493 g/mol. The number of anilines is 1. The number of carboxylic acids is 1. The number of aliphatic carboxylic acids is 1. The second kappa shape index (κ2) is 9.94. The molecule has 1 saturated heterocycles. The molecule has 2 atom stereocenters. The van der Waals surface area contributed by atoms with Gasteiger partial charge in [0.2, 0.25) is 5.54 Å². The summed E-state index contributed by atoms with van der Waals surface area (Å²) in [6, 6.07) is 6.49. The minimum Gasteiger partial charge on any atom is -0.480 e. The highest BCUT2D eigenvalue weighted by Gasteiger charge is 2.55. The molecule has 1 fully saturated rings. The average Bonchev–Trinajstić information content (AvgIpc) is 2.76. The van der Waals surface area contributed by atoms with E-state index >= 15 is 0 Å². The number of likely N-dealkylation sites (tertiary alicyclic amines) is 1. The zero-order chi connectivity index (χ0) is 24.3. The number of carbonyl (C=O) groups is 3. The number of aromatic nitrogens is 1. The fourth-order valence-corrected chi connectivity index (χ4v) is 4.53. The van der Waals surface area contributed by atoms with Crippen LogP contribution in [0.1, 0.15) is 36.1 Å². The number of carboxylic acid groups (broad SMARTS) is 1. The van der Waals surface area contributed by atoms with Crippen molar-refractivity contribution < 1.29 is 19.5 Å². The first kappa shape index (κ1) is 24.8. The zero-order valence-corrected chi connectivity index (χ0v) is 19.5. The zero-order valence-electron chi connectivity index (χ0n) is 18.0. The van der Waals surface area contributed by atoms with Crippen molar-refractivity contribution in [3.05, 3.63) is 57.2 Å². The van der Waals surface area contributed by atoms with Crippen LogP contribution in [0, 0.1) is 6.92 Å². The maximum atomic E-state index is 13.8. The number of amides is 2. The Hall–Kier alpha value is -2.88. The summed E-state index contributed by atoms with van der Waals surface area (Å²) in [6.45, 7) is 1.94. The molecule has 0 spiro atoms. The molecule has 1 aromatic heterocycles. The topological polar surface area (TPSA) is 152 Å². The van der Waals surface area contributed by atoms with Gasteiger partial charge in [-0.25, -0.2) is 4.98 Å². The molecule has 2 aromatic rings. The Labute approximate surface area is 201 Å². The molecule has 0 bridgehead atoms. The van der Waals surface area contributed by atoms with Crippen molar-refractivity contribution in [1.29, 1.82) is 0 Å². The summed E-state index contributed by atoms with van der Waals surface area (Å²) in [7, 11) is 0. The molecule has 1 aliphatic heterocycles. The van der Waals surface area contributed by atoms with Crippen molar-refractivity contribution in [1.82, 2.24) is 15.2 Å². The lowest BCUT2D eigenvalue weighted by molar-refractivity contribution is -0.158. The van der Waals surface area contributed by atoms with Gasteiger partial charge in [0, 0.05) is 18.8 Å². The molecule has 9 nitrogen and oxygen atoms in total. The summed E-state index contributed by atoms with van der Waals surface area (Å²) < 4.78 is 0. The number of pyridine rings is 1. The van der Waals surface area contributed by atoms with Crippen LogP contribution < -0.4 is 16.8 Å². The van der Waals surface area contributed by atoms with Crippen LogP contribution in [0.4, 0.5) is 5.82 Å². The highest BCUT2D eigenvalue weighted by Crippen LogP contribution is 2.37. The quantitative estimate of drug-likeness (QED) is 0.431. The SMILES string of the molecule is Cc1nc(N)ccc1CNC(=O)[C@@](C(N)=O)(c1ccc(Cl)c(Cl)c1)N1CCCC[C@@H]1C(=O)O. The summed E-state index contributed by atoms with van der Waals surface area (Å²) in [5.41, 5.74) is 10.9. The number of hydrogen-bond donors (Lipinski definition) is 4. The molecule has 1 aromatic carbocycles. The van der Waals surface area contributed by atoms with Crippen LogP contribution in [0.3, 0.4) is 0 Å². The lowest BCUT2D eigenvalue weighted by Gasteiger charge is -2.45. The Morgan fingerprint density at radius 3 is 2.55 bits per heavy atom. The summed E-state index contributed by atoms with van der Waals surface area (Å²) >= 11 is 12.3. The van der Waals surface area contributed by atoms with Crippen LogP contribution in [-0.4, -0.2) is 45.4 Å². The van der Waals surface area contributed by atoms with Gasteiger partial charge in [0.25, 0.3) is 11.8 Å². The number of benzene rings is 1. The molecule has 2 amide bonds. The largest absolute Gasteiger partial charge is 0.480 e. The third-order valence-electron chi connectivity index (χ3n) is 5.90. The molecule has 176 valence electrons. The van der Waals surface area contributed by atoms with Crippen LogP contribution in [0.5, 0.6) is 0 Å². The standard InChI is InChI=1S/C22H25Cl2N5O4/c1-12-13(5-8-18(25)28-12)11-27-21(33)22(20(26)32,14-6-7-15(23)16(24)10-14)29-9-3-2-4-17(29)19(30)31/h5-8,10,17H,2-4,9,11H2,1H3,(H2,25,28)(H2,26,32)(H,27,33)(H,30,31)/t17-,22+/m1/s1. The number of carbonyl (C=O) groups excluding carboxylic acids is 2. The van der Waals surface area contributed by atoms with Gasteiger partial charge in [-0.1, -0.05) is 41.8 Å². The Bertz CT molecular complexity index is 1100. The van der Waals surface area contributed by atoms with E-state index in [2.05, 4.69) is 10.3 Å². The fourth-order valence-electron chi connectivity index (χ4n) is 4.23. The predicted octanol–water partition coefficient (Wildman–Crippen LogP) is 2.22. The molecular weight excluding hydrogens is 469 g/mol. The molecule has 1 aliphatic rings. The average molecular weight is 494 g/mol. The van der Waals surface area contributed by atoms with Crippen LogP contribution in [0.15, 0.2) is 30.3 Å². The van der Waals surface area contributed by atoms with Crippen LogP contribution in [0.2, 0.25) is 10.0 Å². The van der Waals surface area contributed by atoms with Crippen molar-refractivity contribution in [2.45, 2.75) is 44.3 Å². The number of rotatable bonds is 7. The Morgan fingerprint density at radius 1 is 1.21 bits per heavy atom. The van der Waals surface area contributed by atoms with Gasteiger partial charge >= 0.3 is 5.97 Å². The molecule has 0 radical (unpaired) electrons. The van der Waals surface area contributed by atoms with E-state index in [1.807, 2.05) is 0 Å². The number of halogens is 2. The fraction of sp³-hybridized carbons (Fsp3) is 0.364. The van der Waals surface area contributed by atoms with Gasteiger partial charge in [-0.2, -0.15) is 0 Å². The molecule has 11 heteroatoms. The lowest BCUT2D eigenvalue weighted by atomic mass is 9.82. The number of nitrogen functional groups attached to an aromatic ring is 1. The van der Waals surface area contributed by atoms with Crippen molar-refractivity contribution in [3.8, 4) is 0 Å². The third-order valence-corrected chi connectivity index (χ3v) is 6.64. The van der Waals surface area contributed by atoms with Gasteiger partial charge in [0.1, 0.15) is 11.9 Å². The normalized spacial score (nSPS) is 18.3. The summed E-state index contributed by atoms with van der Waals surface area (Å²) in [6.07, 6.45) is 1.50. The van der Waals surface area contributed by atoms with Crippen LogP contribution in [0.25, 0.3) is 0 Å². The molecule has 2 heterocycles. The molecule has 6 N–H and O–H groups in total.